The van der Waals surface area contributed by atoms with Crippen LogP contribution in [0.2, 0.25) is 0 Å². The summed E-state index contributed by atoms with van der Waals surface area (Å²) in [5.41, 5.74) is 6.74. The second kappa shape index (κ2) is 4.87. The minimum atomic E-state index is 0.117. The maximum atomic E-state index is 6.09. The predicted molar refractivity (Wildman–Crippen MR) is 71.0 cm³/mol. The molecule has 2 fully saturated rings. The van der Waals surface area contributed by atoms with Crippen molar-refractivity contribution in [3.05, 3.63) is 0 Å². The Morgan fingerprint density at radius 3 is 2.41 bits per heavy atom. The lowest BCUT2D eigenvalue weighted by atomic mass is 9.81. The summed E-state index contributed by atoms with van der Waals surface area (Å²) in [4.78, 5) is 2.64. The molecular weight excluding hydrogens is 212 g/mol. The molecule has 2 aliphatic heterocycles. The van der Waals surface area contributed by atoms with Crippen LogP contribution in [0, 0.1) is 5.41 Å². The Labute approximate surface area is 106 Å². The largest absolute Gasteiger partial charge is 0.376 e. The minimum Gasteiger partial charge on any atom is -0.376 e. The van der Waals surface area contributed by atoms with E-state index in [0.29, 0.717) is 5.41 Å². The number of hydrogen-bond acceptors (Lipinski definition) is 3. The van der Waals surface area contributed by atoms with Crippen LogP contribution in [-0.4, -0.2) is 42.8 Å². The summed E-state index contributed by atoms with van der Waals surface area (Å²) in [7, 11) is 0. The van der Waals surface area contributed by atoms with Gasteiger partial charge in [-0.3, -0.25) is 4.90 Å². The molecule has 0 aromatic rings. The summed E-state index contributed by atoms with van der Waals surface area (Å²) in [5.74, 6) is 0. The van der Waals surface area contributed by atoms with Gasteiger partial charge in [0, 0.05) is 19.7 Å². The van der Waals surface area contributed by atoms with Gasteiger partial charge in [-0.15, -0.1) is 0 Å². The minimum absolute atomic E-state index is 0.117. The third-order valence-corrected chi connectivity index (χ3v) is 5.58. The Morgan fingerprint density at radius 1 is 1.29 bits per heavy atom. The third-order valence-electron chi connectivity index (χ3n) is 5.58. The van der Waals surface area contributed by atoms with Gasteiger partial charge in [0.2, 0.25) is 0 Å². The predicted octanol–water partition coefficient (Wildman–Crippen LogP) is 2.00. The van der Waals surface area contributed by atoms with Gasteiger partial charge in [0.25, 0.3) is 0 Å². The van der Waals surface area contributed by atoms with Crippen LogP contribution in [0.25, 0.3) is 0 Å². The van der Waals surface area contributed by atoms with Crippen LogP contribution in [0.15, 0.2) is 0 Å². The number of nitrogens with two attached hydrogens (primary N) is 1. The number of likely N-dealkylation sites (tertiary alicyclic amines) is 1. The van der Waals surface area contributed by atoms with Gasteiger partial charge in [-0.2, -0.15) is 0 Å². The molecule has 2 atom stereocenters. The molecule has 0 bridgehead atoms. The van der Waals surface area contributed by atoms with E-state index in [0.717, 1.165) is 19.6 Å². The first-order valence-electron chi connectivity index (χ1n) is 7.19. The van der Waals surface area contributed by atoms with E-state index in [4.69, 9.17) is 10.5 Å². The summed E-state index contributed by atoms with van der Waals surface area (Å²) in [6.07, 6.45) is 5.30. The number of ether oxygens (including phenoxy) is 1. The molecule has 0 amide bonds. The quantitative estimate of drug-likeness (QED) is 0.817. The fourth-order valence-corrected chi connectivity index (χ4v) is 3.73. The molecule has 0 saturated carbocycles. The molecule has 2 unspecified atom stereocenters. The highest BCUT2D eigenvalue weighted by Gasteiger charge is 2.50. The Hall–Kier alpha value is -0.120. The highest BCUT2D eigenvalue weighted by atomic mass is 16.5. The smallest absolute Gasteiger partial charge is 0.0743 e. The average Bonchev–Trinajstić information content (AvgIpc) is 2.94. The Kier molecular flexibility index (Phi) is 3.81. The molecule has 2 saturated heterocycles. The highest BCUT2D eigenvalue weighted by molar-refractivity contribution is 5.05. The second-order valence-electron chi connectivity index (χ2n) is 5.95. The number of nitrogens with zero attached hydrogens (tertiary/aromatic N) is 1. The maximum absolute atomic E-state index is 6.09. The van der Waals surface area contributed by atoms with Crippen molar-refractivity contribution in [2.75, 3.05) is 26.2 Å². The van der Waals surface area contributed by atoms with Crippen molar-refractivity contribution < 1.29 is 4.74 Å². The van der Waals surface area contributed by atoms with Gasteiger partial charge in [-0.05, 0) is 44.6 Å². The van der Waals surface area contributed by atoms with Crippen molar-refractivity contribution in [1.82, 2.24) is 4.90 Å². The molecule has 100 valence electrons. The van der Waals surface area contributed by atoms with Crippen molar-refractivity contribution >= 4 is 0 Å². The van der Waals surface area contributed by atoms with E-state index in [1.54, 1.807) is 0 Å². The SMILES string of the molecule is CCC1(CC)CCN(C2(CN)CCOC2C)C1. The van der Waals surface area contributed by atoms with Crippen LogP contribution in [0.4, 0.5) is 0 Å². The maximum Gasteiger partial charge on any atom is 0.0743 e. The summed E-state index contributed by atoms with van der Waals surface area (Å²) < 4.78 is 5.79. The van der Waals surface area contributed by atoms with E-state index >= 15 is 0 Å². The topological polar surface area (TPSA) is 38.5 Å². The van der Waals surface area contributed by atoms with Crippen LogP contribution in [0.3, 0.4) is 0 Å². The third kappa shape index (κ3) is 2.02. The van der Waals surface area contributed by atoms with E-state index in [1.165, 1.54) is 32.4 Å². The average molecular weight is 240 g/mol. The van der Waals surface area contributed by atoms with Gasteiger partial charge in [0.05, 0.1) is 11.6 Å². The molecule has 2 N–H and O–H groups in total. The van der Waals surface area contributed by atoms with Crippen molar-refractivity contribution in [3.63, 3.8) is 0 Å². The fourth-order valence-electron chi connectivity index (χ4n) is 3.73. The van der Waals surface area contributed by atoms with E-state index < -0.39 is 0 Å². The summed E-state index contributed by atoms with van der Waals surface area (Å²) >= 11 is 0. The first kappa shape index (κ1) is 13.3. The molecule has 2 rings (SSSR count). The van der Waals surface area contributed by atoms with Gasteiger partial charge >= 0.3 is 0 Å². The molecular formula is C14H28N2O. The van der Waals surface area contributed by atoms with Gasteiger partial charge < -0.3 is 10.5 Å². The molecule has 17 heavy (non-hydrogen) atoms. The molecule has 2 heterocycles. The first-order chi connectivity index (χ1) is 8.12. The van der Waals surface area contributed by atoms with E-state index in [-0.39, 0.29) is 11.6 Å². The van der Waals surface area contributed by atoms with Crippen LogP contribution < -0.4 is 5.73 Å². The molecule has 0 aromatic heterocycles. The number of hydrogen-bond donors (Lipinski definition) is 1. The molecule has 2 aliphatic rings. The van der Waals surface area contributed by atoms with Crippen molar-refractivity contribution in [2.45, 2.75) is 58.1 Å². The lowest BCUT2D eigenvalue weighted by Crippen LogP contribution is -2.57. The van der Waals surface area contributed by atoms with Gasteiger partial charge in [0.1, 0.15) is 0 Å². The lowest BCUT2D eigenvalue weighted by molar-refractivity contribution is 0.0203. The molecule has 0 aliphatic carbocycles. The monoisotopic (exact) mass is 240 g/mol. The zero-order chi connectivity index (χ0) is 12.5. The molecule has 3 heteroatoms. The van der Waals surface area contributed by atoms with Crippen LogP contribution in [0.1, 0.15) is 46.5 Å². The standard InChI is InChI=1S/C14H28N2O/c1-4-13(5-2)6-8-16(11-13)14(10-15)7-9-17-12(14)3/h12H,4-11,15H2,1-3H3. The lowest BCUT2D eigenvalue weighted by Gasteiger charge is -2.41. The fraction of sp³-hybridized carbons (Fsp3) is 1.00. The molecule has 3 nitrogen and oxygen atoms in total. The summed E-state index contributed by atoms with van der Waals surface area (Å²) in [6, 6.07) is 0. The van der Waals surface area contributed by atoms with Crippen LogP contribution >= 0.6 is 0 Å². The summed E-state index contributed by atoms with van der Waals surface area (Å²) in [5, 5.41) is 0. The molecule has 0 radical (unpaired) electrons. The van der Waals surface area contributed by atoms with E-state index in [2.05, 4.69) is 25.7 Å². The molecule has 0 aromatic carbocycles. The van der Waals surface area contributed by atoms with Gasteiger partial charge in [-0.25, -0.2) is 0 Å². The van der Waals surface area contributed by atoms with E-state index in [9.17, 15) is 0 Å². The zero-order valence-corrected chi connectivity index (χ0v) is 11.7. The van der Waals surface area contributed by atoms with E-state index in [1.807, 2.05) is 0 Å². The van der Waals surface area contributed by atoms with Crippen molar-refractivity contribution in [1.29, 1.82) is 0 Å². The second-order valence-corrected chi connectivity index (χ2v) is 5.95. The zero-order valence-electron chi connectivity index (χ0n) is 11.7. The Bertz CT molecular complexity index is 265. The van der Waals surface area contributed by atoms with Crippen LogP contribution in [0.5, 0.6) is 0 Å². The highest BCUT2D eigenvalue weighted by Crippen LogP contribution is 2.43. The number of rotatable bonds is 4. The van der Waals surface area contributed by atoms with Gasteiger partial charge in [-0.1, -0.05) is 13.8 Å². The first-order valence-corrected chi connectivity index (χ1v) is 7.19. The Morgan fingerprint density at radius 2 is 2.00 bits per heavy atom. The normalized spacial score (nSPS) is 37.8. The van der Waals surface area contributed by atoms with Crippen LogP contribution in [-0.2, 0) is 4.74 Å². The van der Waals surface area contributed by atoms with Crippen molar-refractivity contribution in [3.8, 4) is 0 Å². The van der Waals surface area contributed by atoms with Gasteiger partial charge in [0.15, 0.2) is 0 Å². The van der Waals surface area contributed by atoms with Crippen molar-refractivity contribution in [2.24, 2.45) is 11.1 Å². The summed E-state index contributed by atoms with van der Waals surface area (Å²) in [6.45, 7) is 10.9. The Balaban J connectivity index is 2.13. The molecule has 0 spiro atoms.